The van der Waals surface area contributed by atoms with Crippen molar-refractivity contribution in [1.82, 2.24) is 10.2 Å². The lowest BCUT2D eigenvalue weighted by Gasteiger charge is -2.29. The van der Waals surface area contributed by atoms with Crippen LogP contribution < -0.4 is 5.32 Å². The zero-order valence-electron chi connectivity index (χ0n) is 12.9. The van der Waals surface area contributed by atoms with Crippen LogP contribution in [-0.2, 0) is 0 Å². The minimum Gasteiger partial charge on any atom is -0.349 e. The van der Waals surface area contributed by atoms with E-state index in [1.54, 1.807) is 0 Å². The highest BCUT2D eigenvalue weighted by Crippen LogP contribution is 2.19. The molecule has 0 spiro atoms. The molecule has 0 saturated carbocycles. The van der Waals surface area contributed by atoms with Crippen molar-refractivity contribution in [2.75, 3.05) is 20.1 Å². The van der Waals surface area contributed by atoms with E-state index in [0.717, 1.165) is 37.9 Å². The molecular formula is C17H26N2O. The van der Waals surface area contributed by atoms with E-state index in [4.69, 9.17) is 0 Å². The predicted octanol–water partition coefficient (Wildman–Crippen LogP) is 3.02. The van der Waals surface area contributed by atoms with Gasteiger partial charge >= 0.3 is 0 Å². The van der Waals surface area contributed by atoms with Crippen LogP contribution in [0.3, 0.4) is 0 Å². The van der Waals surface area contributed by atoms with Crippen molar-refractivity contribution in [3.8, 4) is 0 Å². The number of nitrogens with zero attached hydrogens (tertiary/aromatic N) is 1. The molecule has 1 atom stereocenters. The van der Waals surface area contributed by atoms with E-state index in [9.17, 15) is 4.79 Å². The van der Waals surface area contributed by atoms with Crippen molar-refractivity contribution in [2.24, 2.45) is 0 Å². The summed E-state index contributed by atoms with van der Waals surface area (Å²) in [6, 6.07) is 8.39. The number of likely N-dealkylation sites (tertiary alicyclic amines) is 1. The molecule has 1 aromatic carbocycles. The van der Waals surface area contributed by atoms with Crippen LogP contribution in [0.2, 0.25) is 0 Å². The van der Waals surface area contributed by atoms with Crippen LogP contribution in [0.1, 0.15) is 54.9 Å². The van der Waals surface area contributed by atoms with Gasteiger partial charge in [0.1, 0.15) is 0 Å². The van der Waals surface area contributed by atoms with Gasteiger partial charge < -0.3 is 10.2 Å². The summed E-state index contributed by atoms with van der Waals surface area (Å²) in [5.74, 6) is 0.622. The fourth-order valence-electron chi connectivity index (χ4n) is 2.62. The summed E-state index contributed by atoms with van der Waals surface area (Å²) < 4.78 is 0. The summed E-state index contributed by atoms with van der Waals surface area (Å²) in [5.41, 5.74) is 2.08. The molecule has 0 bridgehead atoms. The molecular weight excluding hydrogens is 248 g/mol. The van der Waals surface area contributed by atoms with E-state index < -0.39 is 0 Å². The fourth-order valence-corrected chi connectivity index (χ4v) is 2.62. The number of piperidine rings is 1. The van der Waals surface area contributed by atoms with Crippen molar-refractivity contribution in [3.63, 3.8) is 0 Å². The summed E-state index contributed by atoms with van der Waals surface area (Å²) in [6.45, 7) is 6.54. The first-order valence-electron chi connectivity index (χ1n) is 7.69. The molecule has 1 saturated heterocycles. The van der Waals surface area contributed by atoms with Gasteiger partial charge in [0.15, 0.2) is 0 Å². The quantitative estimate of drug-likeness (QED) is 0.915. The SMILES string of the molecule is CCC(C)c1ccc(C(=O)NC2CCN(C)CC2)cc1. The summed E-state index contributed by atoms with van der Waals surface area (Å²) in [7, 11) is 2.13. The van der Waals surface area contributed by atoms with Crippen LogP contribution in [0.5, 0.6) is 0 Å². The smallest absolute Gasteiger partial charge is 0.251 e. The number of amides is 1. The van der Waals surface area contributed by atoms with Crippen molar-refractivity contribution in [2.45, 2.75) is 45.1 Å². The molecule has 1 aromatic rings. The molecule has 1 heterocycles. The monoisotopic (exact) mass is 274 g/mol. The topological polar surface area (TPSA) is 32.3 Å². The standard InChI is InChI=1S/C17H26N2O/c1-4-13(2)14-5-7-15(8-6-14)17(20)18-16-9-11-19(3)12-10-16/h5-8,13,16H,4,9-12H2,1-3H3,(H,18,20). The van der Waals surface area contributed by atoms with Crippen LogP contribution >= 0.6 is 0 Å². The third kappa shape index (κ3) is 3.83. The summed E-state index contributed by atoms with van der Waals surface area (Å²) >= 11 is 0. The van der Waals surface area contributed by atoms with E-state index in [1.165, 1.54) is 5.56 Å². The number of rotatable bonds is 4. The van der Waals surface area contributed by atoms with E-state index in [2.05, 4.69) is 43.2 Å². The summed E-state index contributed by atoms with van der Waals surface area (Å²) in [6.07, 6.45) is 3.22. The lowest BCUT2D eigenvalue weighted by atomic mass is 9.97. The molecule has 0 aliphatic carbocycles. The molecule has 1 aliphatic heterocycles. The third-order valence-corrected chi connectivity index (χ3v) is 4.41. The average Bonchev–Trinajstić information content (AvgIpc) is 2.49. The molecule has 2 rings (SSSR count). The highest BCUT2D eigenvalue weighted by Gasteiger charge is 2.19. The molecule has 1 amide bonds. The Morgan fingerprint density at radius 1 is 1.30 bits per heavy atom. The van der Waals surface area contributed by atoms with E-state index in [1.807, 2.05) is 12.1 Å². The van der Waals surface area contributed by atoms with Crippen LogP contribution in [0.25, 0.3) is 0 Å². The number of nitrogens with one attached hydrogen (secondary N) is 1. The number of benzene rings is 1. The highest BCUT2D eigenvalue weighted by molar-refractivity contribution is 5.94. The molecule has 0 aromatic heterocycles. The second-order valence-electron chi connectivity index (χ2n) is 5.98. The zero-order chi connectivity index (χ0) is 14.5. The van der Waals surface area contributed by atoms with Gasteiger partial charge in [0, 0.05) is 11.6 Å². The Hall–Kier alpha value is -1.35. The normalized spacial score (nSPS) is 18.8. The Morgan fingerprint density at radius 2 is 1.90 bits per heavy atom. The number of carbonyl (C=O) groups excluding carboxylic acids is 1. The fraction of sp³-hybridized carbons (Fsp3) is 0.588. The molecule has 1 N–H and O–H groups in total. The Morgan fingerprint density at radius 3 is 2.45 bits per heavy atom. The van der Waals surface area contributed by atoms with Crippen molar-refractivity contribution >= 4 is 5.91 Å². The maximum atomic E-state index is 12.2. The Bertz CT molecular complexity index is 433. The second kappa shape index (κ2) is 6.89. The molecule has 110 valence electrons. The molecule has 3 nitrogen and oxygen atoms in total. The van der Waals surface area contributed by atoms with Crippen molar-refractivity contribution < 1.29 is 4.79 Å². The average molecular weight is 274 g/mol. The lowest BCUT2D eigenvalue weighted by molar-refractivity contribution is 0.0917. The van der Waals surface area contributed by atoms with E-state index in [0.29, 0.717) is 12.0 Å². The van der Waals surface area contributed by atoms with E-state index in [-0.39, 0.29) is 5.91 Å². The van der Waals surface area contributed by atoms with Crippen molar-refractivity contribution in [1.29, 1.82) is 0 Å². The second-order valence-corrected chi connectivity index (χ2v) is 5.98. The third-order valence-electron chi connectivity index (χ3n) is 4.41. The number of carbonyl (C=O) groups is 1. The largest absolute Gasteiger partial charge is 0.349 e. The molecule has 1 unspecified atom stereocenters. The van der Waals surface area contributed by atoms with Gasteiger partial charge in [0.25, 0.3) is 5.91 Å². The first-order valence-corrected chi connectivity index (χ1v) is 7.69. The zero-order valence-corrected chi connectivity index (χ0v) is 12.9. The van der Waals surface area contributed by atoms with Gasteiger partial charge in [-0.1, -0.05) is 26.0 Å². The Labute approximate surface area is 122 Å². The number of hydrogen-bond acceptors (Lipinski definition) is 2. The van der Waals surface area contributed by atoms with Crippen LogP contribution in [-0.4, -0.2) is 37.0 Å². The maximum absolute atomic E-state index is 12.2. The summed E-state index contributed by atoms with van der Waals surface area (Å²) in [4.78, 5) is 14.5. The van der Waals surface area contributed by atoms with Gasteiger partial charge in [-0.25, -0.2) is 0 Å². The molecule has 1 aliphatic rings. The molecule has 0 radical (unpaired) electrons. The summed E-state index contributed by atoms with van der Waals surface area (Å²) in [5, 5.41) is 3.15. The predicted molar refractivity (Wildman–Crippen MR) is 83.1 cm³/mol. The lowest BCUT2D eigenvalue weighted by Crippen LogP contribution is -2.43. The molecule has 20 heavy (non-hydrogen) atoms. The Balaban J connectivity index is 1.92. The highest BCUT2D eigenvalue weighted by atomic mass is 16.1. The van der Waals surface area contributed by atoms with Gasteiger partial charge in [-0.15, -0.1) is 0 Å². The number of hydrogen-bond donors (Lipinski definition) is 1. The Kier molecular flexibility index (Phi) is 5.18. The minimum absolute atomic E-state index is 0.0651. The van der Waals surface area contributed by atoms with Gasteiger partial charge in [-0.2, -0.15) is 0 Å². The van der Waals surface area contributed by atoms with Gasteiger partial charge in [0.2, 0.25) is 0 Å². The van der Waals surface area contributed by atoms with Crippen molar-refractivity contribution in [3.05, 3.63) is 35.4 Å². The molecule has 1 fully saturated rings. The first-order chi connectivity index (χ1) is 9.60. The van der Waals surface area contributed by atoms with Gasteiger partial charge in [-0.3, -0.25) is 4.79 Å². The molecule has 3 heteroatoms. The maximum Gasteiger partial charge on any atom is 0.251 e. The minimum atomic E-state index is 0.0651. The van der Waals surface area contributed by atoms with Crippen LogP contribution in [0, 0.1) is 0 Å². The van der Waals surface area contributed by atoms with Gasteiger partial charge in [-0.05, 0) is 63.0 Å². The van der Waals surface area contributed by atoms with Gasteiger partial charge in [0.05, 0.1) is 0 Å². The first kappa shape index (κ1) is 15.0. The van der Waals surface area contributed by atoms with Crippen LogP contribution in [0.4, 0.5) is 0 Å². The van der Waals surface area contributed by atoms with E-state index >= 15 is 0 Å². The van der Waals surface area contributed by atoms with Crippen LogP contribution in [0.15, 0.2) is 24.3 Å².